The number of carbonyl (C=O) groups is 2. The van der Waals surface area contributed by atoms with Crippen molar-refractivity contribution in [3.8, 4) is 0 Å². The summed E-state index contributed by atoms with van der Waals surface area (Å²) in [6, 6.07) is 5.17. The third-order valence-corrected chi connectivity index (χ3v) is 2.77. The normalized spacial score (nSPS) is 9.75. The number of anilines is 3. The highest BCUT2D eigenvalue weighted by molar-refractivity contribution is 5.83. The van der Waals surface area contributed by atoms with Crippen molar-refractivity contribution < 1.29 is 19.1 Å². The zero-order valence-corrected chi connectivity index (χ0v) is 11.8. The lowest BCUT2D eigenvalue weighted by Gasteiger charge is -2.23. The van der Waals surface area contributed by atoms with Crippen LogP contribution in [-0.4, -0.2) is 46.3 Å². The number of nitrogen functional groups attached to an aromatic ring is 1. The second kappa shape index (κ2) is 7.22. The van der Waals surface area contributed by atoms with Gasteiger partial charge in [0.25, 0.3) is 0 Å². The molecule has 1 rings (SSSR count). The number of nitrogens with zero attached hydrogens (tertiary/aromatic N) is 1. The lowest BCUT2D eigenvalue weighted by molar-refractivity contribution is -0.140. The maximum Gasteiger partial charge on any atom is 0.325 e. The van der Waals surface area contributed by atoms with Crippen molar-refractivity contribution in [2.24, 2.45) is 0 Å². The summed E-state index contributed by atoms with van der Waals surface area (Å²) in [6.45, 7) is -0.114. The second-order valence-corrected chi connectivity index (χ2v) is 4.03. The molecule has 0 saturated heterocycles. The highest BCUT2D eigenvalue weighted by Crippen LogP contribution is 2.25. The van der Waals surface area contributed by atoms with Crippen LogP contribution in [0.25, 0.3) is 0 Å². The quantitative estimate of drug-likeness (QED) is 0.578. The number of rotatable bonds is 6. The molecule has 0 fully saturated rings. The Bertz CT molecular complexity index is 473. The van der Waals surface area contributed by atoms with Crippen molar-refractivity contribution >= 4 is 29.0 Å². The second-order valence-electron chi connectivity index (χ2n) is 4.03. The molecular weight excluding hydrogens is 262 g/mol. The largest absolute Gasteiger partial charge is 0.468 e. The number of methoxy groups -OCH3 is 2. The monoisotopic (exact) mass is 281 g/mol. The van der Waals surface area contributed by atoms with Crippen LogP contribution in [0.1, 0.15) is 0 Å². The van der Waals surface area contributed by atoms with Crippen LogP contribution in [-0.2, 0) is 19.1 Å². The average molecular weight is 281 g/mol. The fourth-order valence-corrected chi connectivity index (χ4v) is 1.64. The van der Waals surface area contributed by atoms with E-state index in [1.165, 1.54) is 14.2 Å². The molecule has 0 atom stereocenters. The predicted molar refractivity (Wildman–Crippen MR) is 76.6 cm³/mol. The van der Waals surface area contributed by atoms with Crippen LogP contribution in [0.3, 0.4) is 0 Å². The number of nitrogens with one attached hydrogen (secondary N) is 1. The van der Waals surface area contributed by atoms with Gasteiger partial charge < -0.3 is 25.4 Å². The van der Waals surface area contributed by atoms with Crippen LogP contribution < -0.4 is 16.0 Å². The summed E-state index contributed by atoms with van der Waals surface area (Å²) in [5.41, 5.74) is 7.74. The number of carbonyl (C=O) groups excluding carboxylic acids is 2. The first-order valence-electron chi connectivity index (χ1n) is 5.97. The minimum absolute atomic E-state index is 0.0569. The van der Waals surface area contributed by atoms with Crippen molar-refractivity contribution in [1.82, 2.24) is 0 Å². The molecule has 0 heterocycles. The van der Waals surface area contributed by atoms with Crippen molar-refractivity contribution in [3.05, 3.63) is 18.2 Å². The first kappa shape index (κ1) is 15.6. The molecule has 0 aliphatic heterocycles. The van der Waals surface area contributed by atoms with Crippen molar-refractivity contribution in [2.45, 2.75) is 0 Å². The number of nitrogens with two attached hydrogens (primary N) is 1. The molecule has 0 spiro atoms. The molecule has 0 amide bonds. The molecule has 0 aliphatic carbocycles. The molecule has 0 saturated carbocycles. The van der Waals surface area contributed by atoms with Crippen molar-refractivity contribution in [2.75, 3.05) is 50.3 Å². The molecule has 0 unspecified atom stereocenters. The van der Waals surface area contributed by atoms with E-state index in [0.29, 0.717) is 17.1 Å². The first-order valence-corrected chi connectivity index (χ1v) is 5.97. The summed E-state index contributed by atoms with van der Waals surface area (Å²) in [4.78, 5) is 24.4. The number of esters is 2. The SMILES string of the molecule is CNc1cc(N(CC(=O)OC)CC(=O)OC)ccc1N. The van der Waals surface area contributed by atoms with Gasteiger partial charge in [0.1, 0.15) is 13.1 Å². The Morgan fingerprint density at radius 2 is 1.75 bits per heavy atom. The molecule has 7 nitrogen and oxygen atoms in total. The van der Waals surface area contributed by atoms with Gasteiger partial charge in [-0.05, 0) is 18.2 Å². The molecule has 1 aromatic rings. The third kappa shape index (κ3) is 4.04. The zero-order valence-electron chi connectivity index (χ0n) is 11.8. The zero-order chi connectivity index (χ0) is 15.1. The van der Waals surface area contributed by atoms with Gasteiger partial charge in [-0.1, -0.05) is 0 Å². The van der Waals surface area contributed by atoms with Gasteiger partial charge >= 0.3 is 11.9 Å². The maximum absolute atomic E-state index is 11.4. The lowest BCUT2D eigenvalue weighted by atomic mass is 10.2. The van der Waals surface area contributed by atoms with Gasteiger partial charge in [-0.3, -0.25) is 9.59 Å². The van der Waals surface area contributed by atoms with Crippen LogP contribution >= 0.6 is 0 Å². The molecule has 110 valence electrons. The van der Waals surface area contributed by atoms with E-state index in [1.807, 2.05) is 0 Å². The van der Waals surface area contributed by atoms with E-state index in [1.54, 1.807) is 30.1 Å². The summed E-state index contributed by atoms with van der Waals surface area (Å²) in [7, 11) is 4.32. The number of hydrogen-bond donors (Lipinski definition) is 2. The molecule has 0 radical (unpaired) electrons. The third-order valence-electron chi connectivity index (χ3n) is 2.77. The van der Waals surface area contributed by atoms with Gasteiger partial charge in [-0.15, -0.1) is 0 Å². The highest BCUT2D eigenvalue weighted by Gasteiger charge is 2.17. The molecule has 20 heavy (non-hydrogen) atoms. The Morgan fingerprint density at radius 1 is 1.20 bits per heavy atom. The van der Waals surface area contributed by atoms with Crippen molar-refractivity contribution in [1.29, 1.82) is 0 Å². The molecule has 0 bridgehead atoms. The Morgan fingerprint density at radius 3 is 2.20 bits per heavy atom. The smallest absolute Gasteiger partial charge is 0.325 e. The van der Waals surface area contributed by atoms with Gasteiger partial charge in [0.15, 0.2) is 0 Å². The van der Waals surface area contributed by atoms with Crippen molar-refractivity contribution in [3.63, 3.8) is 0 Å². The molecule has 0 aliphatic rings. The lowest BCUT2D eigenvalue weighted by Crippen LogP contribution is -2.35. The van der Waals surface area contributed by atoms with Gasteiger partial charge in [0.2, 0.25) is 0 Å². The summed E-state index contributed by atoms with van der Waals surface area (Å²) >= 11 is 0. The van der Waals surface area contributed by atoms with Crippen LogP contribution in [0, 0.1) is 0 Å². The summed E-state index contributed by atoms with van der Waals surface area (Å²) < 4.78 is 9.25. The minimum Gasteiger partial charge on any atom is -0.468 e. The Balaban J connectivity index is 3.02. The fraction of sp³-hybridized carbons (Fsp3) is 0.385. The van der Waals surface area contributed by atoms with Gasteiger partial charge in [0.05, 0.1) is 25.6 Å². The number of ether oxygens (including phenoxy) is 2. The Hall–Kier alpha value is -2.44. The molecule has 7 heteroatoms. The van der Waals surface area contributed by atoms with Gasteiger partial charge in [0, 0.05) is 12.7 Å². The maximum atomic E-state index is 11.4. The summed E-state index contributed by atoms with van der Waals surface area (Å²) in [5, 5.41) is 2.94. The number of hydrogen-bond acceptors (Lipinski definition) is 7. The Kier molecular flexibility index (Phi) is 5.64. The molecule has 1 aromatic carbocycles. The van der Waals surface area contributed by atoms with E-state index in [0.717, 1.165) is 0 Å². The standard InChI is InChI=1S/C13H19N3O4/c1-15-11-6-9(4-5-10(11)14)16(7-12(17)19-2)8-13(18)20-3/h4-6,15H,7-8,14H2,1-3H3. The highest BCUT2D eigenvalue weighted by atomic mass is 16.5. The fourth-order valence-electron chi connectivity index (χ4n) is 1.64. The topological polar surface area (TPSA) is 93.9 Å². The predicted octanol–water partition coefficient (Wildman–Crippen LogP) is 0.463. The van der Waals surface area contributed by atoms with Crippen LogP contribution in [0.2, 0.25) is 0 Å². The van der Waals surface area contributed by atoms with E-state index < -0.39 is 11.9 Å². The molecular formula is C13H19N3O4. The molecule has 3 N–H and O–H groups in total. The van der Waals surface area contributed by atoms with E-state index in [4.69, 9.17) is 5.73 Å². The summed E-state index contributed by atoms with van der Waals surface area (Å²) in [6.07, 6.45) is 0. The van der Waals surface area contributed by atoms with E-state index in [2.05, 4.69) is 14.8 Å². The summed E-state index contributed by atoms with van der Waals surface area (Å²) in [5.74, 6) is -0.895. The van der Waals surface area contributed by atoms with Crippen LogP contribution in [0.4, 0.5) is 17.1 Å². The van der Waals surface area contributed by atoms with Gasteiger partial charge in [-0.25, -0.2) is 0 Å². The molecule has 0 aromatic heterocycles. The van der Waals surface area contributed by atoms with Crippen LogP contribution in [0.5, 0.6) is 0 Å². The first-order chi connectivity index (χ1) is 9.51. The van der Waals surface area contributed by atoms with Gasteiger partial charge in [-0.2, -0.15) is 0 Å². The van der Waals surface area contributed by atoms with E-state index >= 15 is 0 Å². The van der Waals surface area contributed by atoms with E-state index in [-0.39, 0.29) is 13.1 Å². The van der Waals surface area contributed by atoms with E-state index in [9.17, 15) is 9.59 Å². The van der Waals surface area contributed by atoms with Crippen LogP contribution in [0.15, 0.2) is 18.2 Å². The Labute approximate surface area is 117 Å². The minimum atomic E-state index is -0.447. The number of benzene rings is 1. The average Bonchev–Trinajstić information content (AvgIpc) is 2.46.